The van der Waals surface area contributed by atoms with Gasteiger partial charge in [0.15, 0.2) is 0 Å². The predicted octanol–water partition coefficient (Wildman–Crippen LogP) is 7.45. The fraction of sp³-hybridized carbons (Fsp3) is 0.385. The van der Waals surface area contributed by atoms with Crippen molar-refractivity contribution < 1.29 is 0 Å². The van der Waals surface area contributed by atoms with Gasteiger partial charge in [0.05, 0.1) is 0 Å². The number of rotatable bonds is 5. The van der Waals surface area contributed by atoms with Crippen molar-refractivity contribution >= 4 is 28.7 Å². The van der Waals surface area contributed by atoms with Gasteiger partial charge in [0.1, 0.15) is 0 Å². The highest BCUT2D eigenvalue weighted by molar-refractivity contribution is 14.1. The summed E-state index contributed by atoms with van der Waals surface area (Å²) in [6, 6.07) is 13.8. The Morgan fingerprint density at radius 1 is 1.19 bits per heavy atom. The predicted molar refractivity (Wildman–Crippen MR) is 125 cm³/mol. The third-order valence-corrected chi connectivity index (χ3v) is 7.80. The minimum Gasteiger partial charge on any atom is -0.103 e. The number of fused-ring (bicyclic) bond motifs is 2. The molecular weight excluding hydrogens is 439 g/mol. The monoisotopic (exact) mass is 468 g/mol. The normalized spacial score (nSPS) is 22.3. The van der Waals surface area contributed by atoms with Crippen LogP contribution in [0.15, 0.2) is 55.1 Å². The third-order valence-electron chi connectivity index (χ3n) is 6.86. The lowest BCUT2D eigenvalue weighted by atomic mass is 9.72. The molecule has 2 atom stereocenters. The van der Waals surface area contributed by atoms with E-state index in [9.17, 15) is 0 Å². The van der Waals surface area contributed by atoms with Crippen LogP contribution in [0.2, 0.25) is 0 Å². The molecule has 2 aliphatic carbocycles. The van der Waals surface area contributed by atoms with Gasteiger partial charge in [-0.15, -0.1) is 6.58 Å². The molecule has 0 spiro atoms. The smallest absolute Gasteiger partial charge is 0.0205 e. The molecule has 1 heteroatoms. The van der Waals surface area contributed by atoms with Gasteiger partial charge in [-0.3, -0.25) is 0 Å². The second-order valence-corrected chi connectivity index (χ2v) is 9.79. The maximum absolute atomic E-state index is 4.06. The Morgan fingerprint density at radius 3 is 2.81 bits per heavy atom. The summed E-state index contributed by atoms with van der Waals surface area (Å²) in [5.74, 6) is 1.27. The average Bonchev–Trinajstić information content (AvgIpc) is 2.89. The van der Waals surface area contributed by atoms with Crippen LogP contribution in [0.25, 0.3) is 6.08 Å². The summed E-state index contributed by atoms with van der Waals surface area (Å²) >= 11 is 2.48. The Labute approximate surface area is 177 Å². The summed E-state index contributed by atoms with van der Waals surface area (Å²) in [4.78, 5) is 0. The van der Waals surface area contributed by atoms with Crippen molar-refractivity contribution in [2.24, 2.45) is 5.92 Å². The second kappa shape index (κ2) is 7.58. The highest BCUT2D eigenvalue weighted by Crippen LogP contribution is 2.53. The summed E-state index contributed by atoms with van der Waals surface area (Å²) in [5, 5.41) is 0. The molecule has 0 fully saturated rings. The SMILES string of the molecule is C=CC[C@@H]1c2ccccc2C(C)(C)C1CCc1ccc(I)c2c1CCC=C2. The third kappa shape index (κ3) is 3.33. The standard InChI is InChI=1S/C26H29I/c1-4-9-20-21-11-7-8-13-23(21)26(2,3)24(20)16-14-18-15-17-25(27)22-12-6-5-10-19(18)22/h4,6-8,11-13,15,17,20,24H,1,5,9-10,14,16H2,2-3H3/t20-,24?/m1/s1. The van der Waals surface area contributed by atoms with Crippen LogP contribution in [0.3, 0.4) is 0 Å². The minimum atomic E-state index is 0.230. The van der Waals surface area contributed by atoms with E-state index >= 15 is 0 Å². The van der Waals surface area contributed by atoms with E-state index in [2.05, 4.69) is 97.6 Å². The quantitative estimate of drug-likeness (QED) is 0.316. The summed E-state index contributed by atoms with van der Waals surface area (Å²) in [6.07, 6.45) is 12.7. The Hall–Kier alpha value is -1.35. The number of hydrogen-bond donors (Lipinski definition) is 0. The molecule has 0 radical (unpaired) electrons. The van der Waals surface area contributed by atoms with Crippen molar-refractivity contribution in [3.8, 4) is 0 Å². The molecule has 0 N–H and O–H groups in total. The van der Waals surface area contributed by atoms with Crippen molar-refractivity contribution in [2.75, 3.05) is 0 Å². The number of halogens is 1. The molecule has 0 saturated carbocycles. The van der Waals surface area contributed by atoms with Crippen LogP contribution in [-0.4, -0.2) is 0 Å². The molecule has 0 nitrogen and oxygen atoms in total. The van der Waals surface area contributed by atoms with Gasteiger partial charge in [-0.1, -0.05) is 62.4 Å². The molecule has 0 heterocycles. The van der Waals surface area contributed by atoms with Crippen molar-refractivity contribution in [2.45, 2.75) is 57.3 Å². The van der Waals surface area contributed by atoms with E-state index in [4.69, 9.17) is 0 Å². The topological polar surface area (TPSA) is 0 Å². The van der Waals surface area contributed by atoms with E-state index in [-0.39, 0.29) is 5.41 Å². The first-order valence-electron chi connectivity index (χ1n) is 10.2. The summed E-state index contributed by atoms with van der Waals surface area (Å²) in [5.41, 5.74) is 7.97. The summed E-state index contributed by atoms with van der Waals surface area (Å²) in [6.45, 7) is 8.96. The highest BCUT2D eigenvalue weighted by atomic mass is 127. The molecule has 0 bridgehead atoms. The lowest BCUT2D eigenvalue weighted by molar-refractivity contribution is 0.284. The van der Waals surface area contributed by atoms with Crippen LogP contribution < -0.4 is 0 Å². The number of hydrogen-bond acceptors (Lipinski definition) is 0. The van der Waals surface area contributed by atoms with E-state index in [1.165, 1.54) is 34.8 Å². The zero-order valence-corrected chi connectivity index (χ0v) is 18.6. The Bertz CT molecular complexity index is 887. The van der Waals surface area contributed by atoms with Gasteiger partial charge in [-0.25, -0.2) is 0 Å². The minimum absolute atomic E-state index is 0.230. The van der Waals surface area contributed by atoms with Crippen LogP contribution >= 0.6 is 22.6 Å². The maximum Gasteiger partial charge on any atom is 0.0205 e. The molecule has 2 aromatic carbocycles. The highest BCUT2D eigenvalue weighted by Gasteiger charge is 2.44. The van der Waals surface area contributed by atoms with Crippen molar-refractivity contribution in [3.63, 3.8) is 0 Å². The summed E-state index contributed by atoms with van der Waals surface area (Å²) in [7, 11) is 0. The average molecular weight is 468 g/mol. The van der Waals surface area contributed by atoms with Gasteiger partial charge >= 0.3 is 0 Å². The molecule has 2 aliphatic rings. The van der Waals surface area contributed by atoms with Gasteiger partial charge in [-0.05, 0) is 106 Å². The fourth-order valence-corrected chi connectivity index (χ4v) is 6.18. The van der Waals surface area contributed by atoms with Gasteiger partial charge in [-0.2, -0.15) is 0 Å². The lowest BCUT2D eigenvalue weighted by Crippen LogP contribution is -2.26. The molecule has 0 aliphatic heterocycles. The molecular formula is C26H29I. The first kappa shape index (κ1) is 19.0. The molecule has 0 amide bonds. The number of allylic oxidation sites excluding steroid dienone is 2. The van der Waals surface area contributed by atoms with Crippen molar-refractivity contribution in [3.05, 3.63) is 86.5 Å². The number of aryl methyl sites for hydroxylation is 1. The summed E-state index contributed by atoms with van der Waals surface area (Å²) < 4.78 is 1.39. The Kier molecular flexibility index (Phi) is 5.33. The fourth-order valence-electron chi connectivity index (χ4n) is 5.49. The molecule has 27 heavy (non-hydrogen) atoms. The first-order valence-corrected chi connectivity index (χ1v) is 11.3. The van der Waals surface area contributed by atoms with Gasteiger partial charge < -0.3 is 0 Å². The van der Waals surface area contributed by atoms with E-state index in [1.54, 1.807) is 22.3 Å². The zero-order valence-electron chi connectivity index (χ0n) is 16.5. The Balaban J connectivity index is 1.63. The second-order valence-electron chi connectivity index (χ2n) is 8.62. The van der Waals surface area contributed by atoms with Gasteiger partial charge in [0.25, 0.3) is 0 Å². The van der Waals surface area contributed by atoms with Crippen LogP contribution in [0.4, 0.5) is 0 Å². The Morgan fingerprint density at radius 2 is 2.00 bits per heavy atom. The van der Waals surface area contributed by atoms with Crippen LogP contribution in [-0.2, 0) is 18.3 Å². The molecule has 0 saturated heterocycles. The van der Waals surface area contributed by atoms with E-state index in [0.717, 1.165) is 6.42 Å². The molecule has 140 valence electrons. The largest absolute Gasteiger partial charge is 0.103 e. The van der Waals surface area contributed by atoms with Crippen LogP contribution in [0.1, 0.15) is 66.8 Å². The van der Waals surface area contributed by atoms with Crippen LogP contribution in [0, 0.1) is 9.49 Å². The van der Waals surface area contributed by atoms with Gasteiger partial charge in [0.2, 0.25) is 0 Å². The van der Waals surface area contributed by atoms with Crippen molar-refractivity contribution in [1.82, 2.24) is 0 Å². The van der Waals surface area contributed by atoms with Crippen molar-refractivity contribution in [1.29, 1.82) is 0 Å². The zero-order chi connectivity index (χ0) is 19.0. The first-order chi connectivity index (χ1) is 13.0. The van der Waals surface area contributed by atoms with E-state index in [0.29, 0.717) is 11.8 Å². The van der Waals surface area contributed by atoms with E-state index in [1.807, 2.05) is 0 Å². The van der Waals surface area contributed by atoms with Gasteiger partial charge in [0, 0.05) is 3.57 Å². The molecule has 0 aromatic heterocycles. The molecule has 1 unspecified atom stereocenters. The maximum atomic E-state index is 4.06. The number of benzene rings is 2. The van der Waals surface area contributed by atoms with E-state index < -0.39 is 0 Å². The molecule has 2 aromatic rings. The molecule has 4 rings (SSSR count). The van der Waals surface area contributed by atoms with Crippen LogP contribution in [0.5, 0.6) is 0 Å². The lowest BCUT2D eigenvalue weighted by Gasteiger charge is -2.32.